The molecule has 6 nitrogen and oxygen atoms in total. The summed E-state index contributed by atoms with van der Waals surface area (Å²) >= 11 is 4.06. The Balaban J connectivity index is 0.830. The smallest absolute Gasteiger partial charge is 0.261 e. The van der Waals surface area contributed by atoms with Crippen LogP contribution in [0.15, 0.2) is 206 Å². The van der Waals surface area contributed by atoms with Crippen molar-refractivity contribution < 1.29 is 14.4 Å². The second-order valence-electron chi connectivity index (χ2n) is 19.0. The molecule has 1 heterocycles. The van der Waals surface area contributed by atoms with Gasteiger partial charge in [-0.15, -0.1) is 23.5 Å². The number of carbonyl (C=O) groups is 3. The minimum atomic E-state index is -0.311. The van der Waals surface area contributed by atoms with Crippen LogP contribution in [0.25, 0.3) is 0 Å². The first-order chi connectivity index (χ1) is 36.0. The lowest BCUT2D eigenvalue weighted by Gasteiger charge is -2.35. The fourth-order valence-corrected chi connectivity index (χ4v) is 13.4. The minimum Gasteiger partial charge on any atom is -0.343 e. The number of benzene rings is 7. The summed E-state index contributed by atoms with van der Waals surface area (Å²) in [4.78, 5) is 43.0. The van der Waals surface area contributed by atoms with Gasteiger partial charge in [-0.2, -0.15) is 0 Å². The van der Waals surface area contributed by atoms with Crippen molar-refractivity contribution in [3.8, 4) is 0 Å². The molecule has 7 aromatic rings. The molecule has 8 heteroatoms. The van der Waals surface area contributed by atoms with Crippen LogP contribution in [0.3, 0.4) is 0 Å². The molecule has 1 aliphatic rings. The number of amides is 3. The standard InChI is InChI=1S/C65H71N3O3S2/c69-61(45-25-26-46-66-47-50-68-62(70)59-43-23-24-44-60(59)63(68)71)67(48-27-1-3-29-51-72-64(53-31-11-5-12-32-53,54-33-13-6-14-34-54)55-35-15-7-16-36-55)49-28-2-4-30-52-73-65(56-37-17-8-18-38-56,57-39-19-9-20-40-57)58-41-21-10-22-42-58/h5-24,31-44,66H,1-4,25-30,45-52H2. The molecule has 0 fully saturated rings. The number of carbonyl (C=O) groups excluding carboxylic acids is 3. The Morgan fingerprint density at radius 1 is 0.397 bits per heavy atom. The Labute approximate surface area is 443 Å². The van der Waals surface area contributed by atoms with Crippen LogP contribution >= 0.6 is 23.5 Å². The van der Waals surface area contributed by atoms with Gasteiger partial charge in [-0.3, -0.25) is 19.3 Å². The fourth-order valence-electron chi connectivity index (χ4n) is 10.3. The zero-order valence-electron chi connectivity index (χ0n) is 42.3. The molecule has 0 unspecified atom stereocenters. The number of rotatable bonds is 30. The van der Waals surface area contributed by atoms with E-state index in [1.807, 2.05) is 23.5 Å². The van der Waals surface area contributed by atoms with Crippen molar-refractivity contribution in [3.05, 3.63) is 251 Å². The van der Waals surface area contributed by atoms with Crippen molar-refractivity contribution in [1.82, 2.24) is 15.1 Å². The molecule has 0 aromatic heterocycles. The molecule has 1 aliphatic heterocycles. The van der Waals surface area contributed by atoms with Gasteiger partial charge in [-0.1, -0.05) is 220 Å². The van der Waals surface area contributed by atoms with Gasteiger partial charge < -0.3 is 10.2 Å². The maximum Gasteiger partial charge on any atom is 0.261 e. The molecule has 3 amide bonds. The number of nitrogens with zero attached hydrogens (tertiary/aromatic N) is 2. The van der Waals surface area contributed by atoms with Gasteiger partial charge in [-0.25, -0.2) is 0 Å². The zero-order chi connectivity index (χ0) is 50.4. The van der Waals surface area contributed by atoms with E-state index in [0.29, 0.717) is 30.6 Å². The third-order valence-electron chi connectivity index (χ3n) is 14.1. The average molecular weight is 1010 g/mol. The number of nitrogens with one attached hydrogen (secondary N) is 1. The first-order valence-corrected chi connectivity index (χ1v) is 28.5. The summed E-state index contributed by atoms with van der Waals surface area (Å²) in [5, 5.41) is 3.40. The van der Waals surface area contributed by atoms with Gasteiger partial charge in [0.1, 0.15) is 0 Å². The van der Waals surface area contributed by atoms with Crippen molar-refractivity contribution in [2.24, 2.45) is 0 Å². The molecule has 0 bridgehead atoms. The van der Waals surface area contributed by atoms with Gasteiger partial charge in [0, 0.05) is 32.6 Å². The second-order valence-corrected chi connectivity index (χ2v) is 21.6. The van der Waals surface area contributed by atoms with E-state index in [1.54, 1.807) is 24.3 Å². The molecule has 8 rings (SSSR count). The summed E-state index contributed by atoms with van der Waals surface area (Å²) < 4.78 is -0.622. The van der Waals surface area contributed by atoms with Gasteiger partial charge >= 0.3 is 0 Å². The van der Waals surface area contributed by atoms with E-state index < -0.39 is 0 Å². The summed E-state index contributed by atoms with van der Waals surface area (Å²) in [6.45, 7) is 3.16. The van der Waals surface area contributed by atoms with E-state index in [9.17, 15) is 14.4 Å². The van der Waals surface area contributed by atoms with E-state index >= 15 is 0 Å². The first kappa shape index (κ1) is 53.1. The van der Waals surface area contributed by atoms with Crippen LogP contribution in [0.2, 0.25) is 0 Å². The second kappa shape index (κ2) is 27.7. The number of imide groups is 1. The van der Waals surface area contributed by atoms with E-state index in [1.165, 1.54) is 38.3 Å². The fraction of sp³-hybridized carbons (Fsp3) is 0.308. The molecule has 0 aliphatic carbocycles. The Kier molecular flexibility index (Phi) is 20.2. The lowest BCUT2D eigenvalue weighted by molar-refractivity contribution is -0.131. The Bertz CT molecular complexity index is 2380. The maximum atomic E-state index is 14.0. The van der Waals surface area contributed by atoms with Crippen LogP contribution in [-0.2, 0) is 14.3 Å². The van der Waals surface area contributed by atoms with Crippen LogP contribution in [0, 0.1) is 0 Å². The average Bonchev–Trinajstić information content (AvgIpc) is 3.70. The highest BCUT2D eigenvalue weighted by atomic mass is 32.2. The normalized spacial score (nSPS) is 12.5. The quantitative estimate of drug-likeness (QED) is 0.0275. The number of unbranched alkanes of at least 4 members (excludes halogenated alkanes) is 7. The summed E-state index contributed by atoms with van der Waals surface area (Å²) in [6, 6.07) is 72.6. The molecule has 0 atom stereocenters. The Morgan fingerprint density at radius 2 is 0.726 bits per heavy atom. The first-order valence-electron chi connectivity index (χ1n) is 26.6. The van der Waals surface area contributed by atoms with Crippen molar-refractivity contribution in [2.45, 2.75) is 80.1 Å². The molecule has 0 saturated heterocycles. The Hall–Kier alpha value is -6.19. The van der Waals surface area contributed by atoms with Gasteiger partial charge in [0.2, 0.25) is 5.91 Å². The number of hydrogen-bond acceptors (Lipinski definition) is 6. The lowest BCUT2D eigenvalue weighted by atomic mass is 9.84. The van der Waals surface area contributed by atoms with E-state index in [2.05, 4.69) is 192 Å². The van der Waals surface area contributed by atoms with Gasteiger partial charge in [0.05, 0.1) is 20.6 Å². The monoisotopic (exact) mass is 1010 g/mol. The molecule has 0 spiro atoms. The zero-order valence-corrected chi connectivity index (χ0v) is 43.9. The highest BCUT2D eigenvalue weighted by Gasteiger charge is 2.38. The summed E-state index contributed by atoms with van der Waals surface area (Å²) in [5.41, 5.74) is 8.72. The third kappa shape index (κ3) is 13.5. The van der Waals surface area contributed by atoms with Crippen LogP contribution in [0.1, 0.15) is 125 Å². The molecule has 376 valence electrons. The highest BCUT2D eigenvalue weighted by Crippen LogP contribution is 2.50. The van der Waals surface area contributed by atoms with Crippen molar-refractivity contribution >= 4 is 41.2 Å². The predicted molar refractivity (Wildman–Crippen MR) is 305 cm³/mol. The van der Waals surface area contributed by atoms with Gasteiger partial charge in [0.15, 0.2) is 0 Å². The number of thioether (sulfide) groups is 2. The predicted octanol–water partition coefficient (Wildman–Crippen LogP) is 14.4. The topological polar surface area (TPSA) is 69.7 Å². The molecular weight excluding hydrogens is 935 g/mol. The number of hydrogen-bond donors (Lipinski definition) is 1. The lowest BCUT2D eigenvalue weighted by Crippen LogP contribution is -2.36. The maximum absolute atomic E-state index is 14.0. The molecule has 7 aromatic carbocycles. The Morgan fingerprint density at radius 3 is 1.08 bits per heavy atom. The van der Waals surface area contributed by atoms with Gasteiger partial charge in [-0.05, 0) is 102 Å². The van der Waals surface area contributed by atoms with Crippen LogP contribution in [0.5, 0.6) is 0 Å². The van der Waals surface area contributed by atoms with E-state index in [-0.39, 0.29) is 27.2 Å². The van der Waals surface area contributed by atoms with Crippen molar-refractivity contribution in [2.75, 3.05) is 44.2 Å². The van der Waals surface area contributed by atoms with Gasteiger partial charge in [0.25, 0.3) is 11.8 Å². The minimum absolute atomic E-state index is 0.224. The molecule has 0 radical (unpaired) electrons. The largest absolute Gasteiger partial charge is 0.343 e. The molecular formula is C65H71N3O3S2. The third-order valence-corrected chi connectivity index (χ3v) is 17.4. The number of fused-ring (bicyclic) bond motifs is 1. The summed E-state index contributed by atoms with van der Waals surface area (Å²) in [7, 11) is 0. The van der Waals surface area contributed by atoms with E-state index in [4.69, 9.17) is 0 Å². The van der Waals surface area contributed by atoms with Crippen molar-refractivity contribution in [1.29, 1.82) is 0 Å². The van der Waals surface area contributed by atoms with E-state index in [0.717, 1.165) is 95.3 Å². The summed E-state index contributed by atoms with van der Waals surface area (Å²) in [6.07, 6.45) is 10.8. The van der Waals surface area contributed by atoms with Crippen molar-refractivity contribution in [3.63, 3.8) is 0 Å². The molecule has 1 N–H and O–H groups in total. The molecule has 73 heavy (non-hydrogen) atoms. The van der Waals surface area contributed by atoms with Crippen LogP contribution < -0.4 is 5.32 Å². The molecule has 0 saturated carbocycles. The summed E-state index contributed by atoms with van der Waals surface area (Å²) in [5.74, 6) is 1.84. The SMILES string of the molecule is O=C(CCCCNCCN1C(=O)c2ccccc2C1=O)N(CCCCCCSC(c1ccccc1)(c1ccccc1)c1ccccc1)CCCCCCSC(c1ccccc1)(c1ccccc1)c1ccccc1. The highest BCUT2D eigenvalue weighted by molar-refractivity contribution is 8.00. The van der Waals surface area contributed by atoms with Crippen LogP contribution in [-0.4, -0.2) is 71.8 Å². The van der Waals surface area contributed by atoms with Crippen LogP contribution in [0.4, 0.5) is 0 Å².